The Morgan fingerprint density at radius 1 is 1.16 bits per heavy atom. The second kappa shape index (κ2) is 8.01. The third-order valence-electron chi connectivity index (χ3n) is 3.52. The summed E-state index contributed by atoms with van der Waals surface area (Å²) in [7, 11) is 1.60. The number of carbonyl (C=O) groups is 1. The Balaban J connectivity index is 1.49. The van der Waals surface area contributed by atoms with Crippen LogP contribution in [0, 0.1) is 0 Å². The van der Waals surface area contributed by atoms with Gasteiger partial charge in [-0.05, 0) is 48.0 Å². The van der Waals surface area contributed by atoms with E-state index in [-0.39, 0.29) is 12.5 Å². The first-order valence-corrected chi connectivity index (χ1v) is 7.76. The van der Waals surface area contributed by atoms with E-state index in [0.29, 0.717) is 12.3 Å². The molecule has 0 atom stereocenters. The average molecular weight is 338 g/mol. The van der Waals surface area contributed by atoms with Crippen LogP contribution in [-0.2, 0) is 11.3 Å². The van der Waals surface area contributed by atoms with Crippen LogP contribution in [0.4, 0.5) is 0 Å². The standard InChI is InChI=1S/C19H18N2O4/c1-23-16-4-6-17(7-5-16)25-13-19(22)21-11-14-9-15(12-20-10-14)18-3-2-8-24-18/h2-10,12H,11,13H2,1H3,(H,21,22). The summed E-state index contributed by atoms with van der Waals surface area (Å²) in [4.78, 5) is 16.1. The van der Waals surface area contributed by atoms with E-state index in [0.717, 1.165) is 22.6 Å². The number of nitrogens with one attached hydrogen (secondary N) is 1. The highest BCUT2D eigenvalue weighted by atomic mass is 16.5. The van der Waals surface area contributed by atoms with E-state index in [1.807, 2.05) is 18.2 Å². The second-order valence-electron chi connectivity index (χ2n) is 5.30. The van der Waals surface area contributed by atoms with Crippen molar-refractivity contribution in [3.63, 3.8) is 0 Å². The van der Waals surface area contributed by atoms with Gasteiger partial charge in [0.05, 0.1) is 13.4 Å². The van der Waals surface area contributed by atoms with Crippen LogP contribution in [0.15, 0.2) is 65.5 Å². The quantitative estimate of drug-likeness (QED) is 0.717. The fourth-order valence-electron chi connectivity index (χ4n) is 2.23. The van der Waals surface area contributed by atoms with Crippen molar-refractivity contribution in [3.05, 3.63) is 66.7 Å². The summed E-state index contributed by atoms with van der Waals surface area (Å²) < 4.78 is 15.9. The van der Waals surface area contributed by atoms with Gasteiger partial charge in [0.1, 0.15) is 17.3 Å². The number of amides is 1. The van der Waals surface area contributed by atoms with E-state index in [2.05, 4.69) is 10.3 Å². The lowest BCUT2D eigenvalue weighted by atomic mass is 10.1. The Morgan fingerprint density at radius 3 is 2.68 bits per heavy atom. The molecule has 0 spiro atoms. The summed E-state index contributed by atoms with van der Waals surface area (Å²) >= 11 is 0. The second-order valence-corrected chi connectivity index (χ2v) is 5.30. The highest BCUT2D eigenvalue weighted by Gasteiger charge is 2.06. The topological polar surface area (TPSA) is 73.6 Å². The molecule has 128 valence electrons. The Labute approximate surface area is 145 Å². The lowest BCUT2D eigenvalue weighted by molar-refractivity contribution is -0.123. The van der Waals surface area contributed by atoms with Crippen molar-refractivity contribution in [3.8, 4) is 22.8 Å². The zero-order chi connectivity index (χ0) is 17.5. The minimum absolute atomic E-state index is 0.0579. The molecule has 2 heterocycles. The van der Waals surface area contributed by atoms with Gasteiger partial charge in [0.15, 0.2) is 6.61 Å². The summed E-state index contributed by atoms with van der Waals surface area (Å²) in [5, 5.41) is 2.81. The molecule has 3 rings (SSSR count). The molecule has 0 aliphatic heterocycles. The predicted octanol–water partition coefficient (Wildman–Crippen LogP) is 3.05. The molecule has 0 fully saturated rings. The molecule has 1 N–H and O–H groups in total. The molecule has 3 aromatic rings. The summed E-state index contributed by atoms with van der Waals surface area (Å²) in [6, 6.07) is 12.7. The van der Waals surface area contributed by atoms with Crippen LogP contribution >= 0.6 is 0 Å². The van der Waals surface area contributed by atoms with Gasteiger partial charge in [-0.15, -0.1) is 0 Å². The van der Waals surface area contributed by atoms with Crippen molar-refractivity contribution in [1.82, 2.24) is 10.3 Å². The van der Waals surface area contributed by atoms with Crippen LogP contribution in [0.2, 0.25) is 0 Å². The molecule has 1 aromatic carbocycles. The summed E-state index contributed by atoms with van der Waals surface area (Å²) in [5.74, 6) is 1.88. The Bertz CT molecular complexity index is 814. The molecule has 1 amide bonds. The number of rotatable bonds is 7. The Kier molecular flexibility index (Phi) is 5.31. The summed E-state index contributed by atoms with van der Waals surface area (Å²) in [5.41, 5.74) is 1.75. The van der Waals surface area contributed by atoms with Gasteiger partial charge >= 0.3 is 0 Å². The van der Waals surface area contributed by atoms with Crippen molar-refractivity contribution in [2.75, 3.05) is 13.7 Å². The smallest absolute Gasteiger partial charge is 0.258 e. The molecule has 0 bridgehead atoms. The first kappa shape index (κ1) is 16.6. The molecule has 6 nitrogen and oxygen atoms in total. The van der Waals surface area contributed by atoms with Crippen molar-refractivity contribution < 1.29 is 18.7 Å². The number of pyridine rings is 1. The number of ether oxygens (including phenoxy) is 2. The van der Waals surface area contributed by atoms with E-state index in [1.54, 1.807) is 50.0 Å². The van der Waals surface area contributed by atoms with Crippen molar-refractivity contribution in [2.24, 2.45) is 0 Å². The molecule has 2 aromatic heterocycles. The molecule has 0 saturated heterocycles. The molecular formula is C19H18N2O4. The first-order chi connectivity index (χ1) is 12.2. The molecule has 25 heavy (non-hydrogen) atoms. The summed E-state index contributed by atoms with van der Waals surface area (Å²) in [6.07, 6.45) is 5.04. The number of hydrogen-bond acceptors (Lipinski definition) is 5. The normalized spacial score (nSPS) is 10.3. The van der Waals surface area contributed by atoms with Crippen LogP contribution in [-0.4, -0.2) is 24.6 Å². The number of furan rings is 1. The van der Waals surface area contributed by atoms with Crippen LogP contribution in [0.3, 0.4) is 0 Å². The van der Waals surface area contributed by atoms with E-state index in [1.165, 1.54) is 0 Å². The highest BCUT2D eigenvalue weighted by molar-refractivity contribution is 5.77. The molecule has 0 aliphatic carbocycles. The maximum atomic E-state index is 11.9. The van der Waals surface area contributed by atoms with Gasteiger partial charge in [-0.3, -0.25) is 9.78 Å². The number of methoxy groups -OCH3 is 1. The van der Waals surface area contributed by atoms with Gasteiger partial charge in [0.25, 0.3) is 5.91 Å². The summed E-state index contributed by atoms with van der Waals surface area (Å²) in [6.45, 7) is 0.310. The molecule has 0 aliphatic rings. The Hall–Kier alpha value is -3.28. The third-order valence-corrected chi connectivity index (χ3v) is 3.52. The van der Waals surface area contributed by atoms with Crippen molar-refractivity contribution in [2.45, 2.75) is 6.54 Å². The molecule has 6 heteroatoms. The molecular weight excluding hydrogens is 320 g/mol. The van der Waals surface area contributed by atoms with E-state index in [9.17, 15) is 4.79 Å². The maximum absolute atomic E-state index is 11.9. The monoisotopic (exact) mass is 338 g/mol. The lowest BCUT2D eigenvalue weighted by Gasteiger charge is -2.08. The van der Waals surface area contributed by atoms with Gasteiger partial charge in [-0.1, -0.05) is 0 Å². The van der Waals surface area contributed by atoms with E-state index >= 15 is 0 Å². The van der Waals surface area contributed by atoms with Gasteiger partial charge in [0.2, 0.25) is 0 Å². The number of aromatic nitrogens is 1. The fourth-order valence-corrected chi connectivity index (χ4v) is 2.23. The number of benzene rings is 1. The molecule has 0 radical (unpaired) electrons. The van der Waals surface area contributed by atoms with Gasteiger partial charge < -0.3 is 19.2 Å². The van der Waals surface area contributed by atoms with Crippen LogP contribution < -0.4 is 14.8 Å². The zero-order valence-electron chi connectivity index (χ0n) is 13.8. The van der Waals surface area contributed by atoms with Crippen molar-refractivity contribution >= 4 is 5.91 Å². The zero-order valence-corrected chi connectivity index (χ0v) is 13.8. The SMILES string of the molecule is COc1ccc(OCC(=O)NCc2cncc(-c3ccco3)c2)cc1. The van der Waals surface area contributed by atoms with Crippen molar-refractivity contribution in [1.29, 1.82) is 0 Å². The number of carbonyl (C=O) groups excluding carboxylic acids is 1. The highest BCUT2D eigenvalue weighted by Crippen LogP contribution is 2.19. The van der Waals surface area contributed by atoms with Crippen LogP contribution in [0.25, 0.3) is 11.3 Å². The largest absolute Gasteiger partial charge is 0.497 e. The van der Waals surface area contributed by atoms with Gasteiger partial charge in [-0.2, -0.15) is 0 Å². The average Bonchev–Trinajstić information content (AvgIpc) is 3.20. The fraction of sp³-hybridized carbons (Fsp3) is 0.158. The van der Waals surface area contributed by atoms with E-state index in [4.69, 9.17) is 13.9 Å². The Morgan fingerprint density at radius 2 is 1.96 bits per heavy atom. The minimum Gasteiger partial charge on any atom is -0.497 e. The van der Waals surface area contributed by atoms with E-state index < -0.39 is 0 Å². The number of hydrogen-bond donors (Lipinski definition) is 1. The van der Waals surface area contributed by atoms with Gasteiger partial charge in [0, 0.05) is 24.5 Å². The number of nitrogens with zero attached hydrogens (tertiary/aromatic N) is 1. The predicted molar refractivity (Wildman–Crippen MR) is 92.3 cm³/mol. The lowest BCUT2D eigenvalue weighted by Crippen LogP contribution is -2.28. The molecule has 0 unspecified atom stereocenters. The van der Waals surface area contributed by atoms with Crippen LogP contribution in [0.5, 0.6) is 11.5 Å². The van der Waals surface area contributed by atoms with Crippen LogP contribution in [0.1, 0.15) is 5.56 Å². The minimum atomic E-state index is -0.209. The third kappa shape index (κ3) is 4.60. The molecule has 0 saturated carbocycles. The maximum Gasteiger partial charge on any atom is 0.258 e. The first-order valence-electron chi connectivity index (χ1n) is 7.76. The van der Waals surface area contributed by atoms with Gasteiger partial charge in [-0.25, -0.2) is 0 Å².